The highest BCUT2D eigenvalue weighted by atomic mass is 16.5. The van der Waals surface area contributed by atoms with Gasteiger partial charge in [0, 0.05) is 24.5 Å². The van der Waals surface area contributed by atoms with Crippen molar-refractivity contribution in [3.05, 3.63) is 59.9 Å². The van der Waals surface area contributed by atoms with Crippen LogP contribution in [0.1, 0.15) is 30.0 Å². The van der Waals surface area contributed by atoms with Gasteiger partial charge in [0.25, 0.3) is 0 Å². The Morgan fingerprint density at radius 2 is 2.18 bits per heavy atom. The summed E-state index contributed by atoms with van der Waals surface area (Å²) in [5.74, 6) is 0.859. The Kier molecular flexibility index (Phi) is 4.53. The quantitative estimate of drug-likeness (QED) is 0.915. The van der Waals surface area contributed by atoms with Crippen molar-refractivity contribution in [1.82, 2.24) is 15.6 Å². The molecule has 1 aliphatic rings. The second kappa shape index (κ2) is 6.93. The summed E-state index contributed by atoms with van der Waals surface area (Å²) in [4.78, 5) is 16.2. The van der Waals surface area contributed by atoms with E-state index in [9.17, 15) is 4.79 Å². The van der Waals surface area contributed by atoms with E-state index in [2.05, 4.69) is 15.6 Å². The van der Waals surface area contributed by atoms with Gasteiger partial charge >= 0.3 is 6.03 Å². The number of aromatic nitrogens is 1. The minimum absolute atomic E-state index is 0.0207. The number of nitrogens with zero attached hydrogens (tertiary/aromatic N) is 1. The molecule has 2 heterocycles. The lowest BCUT2D eigenvalue weighted by molar-refractivity contribution is 0.236. The summed E-state index contributed by atoms with van der Waals surface area (Å²) in [5, 5.41) is 5.90. The maximum Gasteiger partial charge on any atom is 0.315 e. The number of hydrogen-bond donors (Lipinski definition) is 2. The molecule has 1 aromatic heterocycles. The molecule has 3 rings (SSSR count). The van der Waals surface area contributed by atoms with E-state index in [1.165, 1.54) is 0 Å². The Morgan fingerprint density at radius 3 is 3.05 bits per heavy atom. The maximum absolute atomic E-state index is 12.1. The summed E-state index contributed by atoms with van der Waals surface area (Å²) in [7, 11) is 0. The van der Waals surface area contributed by atoms with E-state index < -0.39 is 0 Å². The molecule has 0 spiro atoms. The summed E-state index contributed by atoms with van der Waals surface area (Å²) in [5.41, 5.74) is 2.01. The number of pyridine rings is 1. The van der Waals surface area contributed by atoms with Gasteiger partial charge in [-0.15, -0.1) is 0 Å². The van der Waals surface area contributed by atoms with Crippen LogP contribution in [0.25, 0.3) is 0 Å². The van der Waals surface area contributed by atoms with Gasteiger partial charge in [0.15, 0.2) is 0 Å². The van der Waals surface area contributed by atoms with Crippen LogP contribution in [0.5, 0.6) is 5.75 Å². The molecular formula is C17H19N3O2. The summed E-state index contributed by atoms with van der Waals surface area (Å²) in [6.07, 6.45) is 5.25. The number of fused-ring (bicyclic) bond motifs is 1. The molecule has 1 unspecified atom stereocenters. The van der Waals surface area contributed by atoms with Gasteiger partial charge in [-0.25, -0.2) is 4.79 Å². The number of urea groups is 1. The van der Waals surface area contributed by atoms with E-state index >= 15 is 0 Å². The summed E-state index contributed by atoms with van der Waals surface area (Å²) < 4.78 is 5.71. The number of para-hydroxylation sites is 1. The van der Waals surface area contributed by atoms with Gasteiger partial charge in [-0.2, -0.15) is 0 Å². The first kappa shape index (κ1) is 14.4. The van der Waals surface area contributed by atoms with Crippen LogP contribution in [0.4, 0.5) is 4.79 Å². The summed E-state index contributed by atoms with van der Waals surface area (Å²) >= 11 is 0. The first-order valence-electron chi connectivity index (χ1n) is 7.48. The number of carbonyl (C=O) groups is 1. The molecule has 0 saturated carbocycles. The Morgan fingerprint density at radius 1 is 1.27 bits per heavy atom. The molecule has 0 saturated heterocycles. The lowest BCUT2D eigenvalue weighted by atomic mass is 10.0. The highest BCUT2D eigenvalue weighted by molar-refractivity contribution is 5.74. The molecule has 0 radical (unpaired) electrons. The molecule has 22 heavy (non-hydrogen) atoms. The minimum Gasteiger partial charge on any atom is -0.493 e. The molecule has 2 amide bonds. The topological polar surface area (TPSA) is 63.2 Å². The highest BCUT2D eigenvalue weighted by Gasteiger charge is 2.20. The average Bonchev–Trinajstić information content (AvgIpc) is 2.77. The second-order valence-electron chi connectivity index (χ2n) is 5.27. The zero-order valence-electron chi connectivity index (χ0n) is 12.3. The van der Waals surface area contributed by atoms with Crippen molar-refractivity contribution in [2.75, 3.05) is 6.61 Å². The van der Waals surface area contributed by atoms with E-state index in [-0.39, 0.29) is 12.1 Å². The molecule has 5 heteroatoms. The van der Waals surface area contributed by atoms with E-state index in [0.717, 1.165) is 29.7 Å². The fourth-order valence-corrected chi connectivity index (χ4v) is 2.57. The van der Waals surface area contributed by atoms with Gasteiger partial charge in [0.2, 0.25) is 0 Å². The van der Waals surface area contributed by atoms with Crippen LogP contribution in [0, 0.1) is 0 Å². The summed E-state index contributed by atoms with van der Waals surface area (Å²) in [6.45, 7) is 1.15. The number of amides is 2. The predicted octanol–water partition coefficient (Wildman–Crippen LogP) is 2.79. The van der Waals surface area contributed by atoms with Crippen LogP contribution >= 0.6 is 0 Å². The molecule has 114 valence electrons. The van der Waals surface area contributed by atoms with Crippen molar-refractivity contribution >= 4 is 6.03 Å². The monoisotopic (exact) mass is 297 g/mol. The largest absolute Gasteiger partial charge is 0.493 e. The van der Waals surface area contributed by atoms with Gasteiger partial charge in [-0.05, 0) is 30.5 Å². The zero-order chi connectivity index (χ0) is 15.2. The normalized spacial score (nSPS) is 16.8. The number of ether oxygens (including phenoxy) is 1. The third-order valence-electron chi connectivity index (χ3n) is 3.67. The molecule has 1 aromatic carbocycles. The number of benzene rings is 1. The third-order valence-corrected chi connectivity index (χ3v) is 3.67. The average molecular weight is 297 g/mol. The van der Waals surface area contributed by atoms with Crippen LogP contribution in [0.15, 0.2) is 48.8 Å². The third kappa shape index (κ3) is 3.55. The van der Waals surface area contributed by atoms with Crippen LogP contribution in [-0.4, -0.2) is 17.6 Å². The zero-order valence-corrected chi connectivity index (χ0v) is 12.3. The van der Waals surface area contributed by atoms with Crippen LogP contribution < -0.4 is 15.4 Å². The maximum atomic E-state index is 12.1. The van der Waals surface area contributed by atoms with Gasteiger partial charge in [-0.3, -0.25) is 4.98 Å². The van der Waals surface area contributed by atoms with E-state index in [1.807, 2.05) is 36.4 Å². The van der Waals surface area contributed by atoms with Gasteiger partial charge in [-0.1, -0.05) is 24.3 Å². The molecule has 1 atom stereocenters. The molecule has 2 N–H and O–H groups in total. The van der Waals surface area contributed by atoms with Crippen molar-refractivity contribution in [1.29, 1.82) is 0 Å². The lowest BCUT2D eigenvalue weighted by Gasteiger charge is -2.18. The Labute approximate surface area is 129 Å². The number of carbonyl (C=O) groups excluding carboxylic acids is 1. The van der Waals surface area contributed by atoms with E-state index in [0.29, 0.717) is 13.2 Å². The molecule has 5 nitrogen and oxygen atoms in total. The van der Waals surface area contributed by atoms with Crippen LogP contribution in [0.3, 0.4) is 0 Å². The standard InChI is InChI=1S/C17H19N3O2/c21-17(19-12-13-5-3-9-18-11-13)20-15-7-4-10-22-16-8-2-1-6-14(15)16/h1-3,5-6,8-9,11,15H,4,7,10,12H2,(H2,19,20,21). The first-order valence-corrected chi connectivity index (χ1v) is 7.48. The van der Waals surface area contributed by atoms with Crippen molar-refractivity contribution in [2.24, 2.45) is 0 Å². The Balaban J connectivity index is 1.61. The molecule has 0 bridgehead atoms. The highest BCUT2D eigenvalue weighted by Crippen LogP contribution is 2.30. The van der Waals surface area contributed by atoms with E-state index in [1.54, 1.807) is 12.4 Å². The van der Waals surface area contributed by atoms with Crippen molar-refractivity contribution in [3.63, 3.8) is 0 Å². The fourth-order valence-electron chi connectivity index (χ4n) is 2.57. The summed E-state index contributed by atoms with van der Waals surface area (Å²) in [6, 6.07) is 11.5. The molecule has 1 aliphatic heterocycles. The number of nitrogens with one attached hydrogen (secondary N) is 2. The number of rotatable bonds is 3. The van der Waals surface area contributed by atoms with Gasteiger partial charge in [0.05, 0.1) is 12.6 Å². The SMILES string of the molecule is O=C(NCc1cccnc1)NC1CCCOc2ccccc21. The fraction of sp³-hybridized carbons (Fsp3) is 0.294. The van der Waals surface area contributed by atoms with E-state index in [4.69, 9.17) is 4.74 Å². The number of hydrogen-bond acceptors (Lipinski definition) is 3. The van der Waals surface area contributed by atoms with Gasteiger partial charge in [0.1, 0.15) is 5.75 Å². The van der Waals surface area contributed by atoms with Crippen LogP contribution in [0.2, 0.25) is 0 Å². The Hall–Kier alpha value is -2.56. The molecule has 0 fully saturated rings. The predicted molar refractivity (Wildman–Crippen MR) is 83.5 cm³/mol. The minimum atomic E-state index is -0.175. The van der Waals surface area contributed by atoms with Crippen molar-refractivity contribution in [2.45, 2.75) is 25.4 Å². The Bertz CT molecular complexity index is 631. The van der Waals surface area contributed by atoms with Gasteiger partial charge < -0.3 is 15.4 Å². The van der Waals surface area contributed by atoms with Crippen molar-refractivity contribution < 1.29 is 9.53 Å². The second-order valence-corrected chi connectivity index (χ2v) is 5.27. The molecular weight excluding hydrogens is 278 g/mol. The smallest absolute Gasteiger partial charge is 0.315 e. The molecule has 0 aliphatic carbocycles. The van der Waals surface area contributed by atoms with Crippen molar-refractivity contribution in [3.8, 4) is 5.75 Å². The molecule has 2 aromatic rings. The first-order chi connectivity index (χ1) is 10.8. The lowest BCUT2D eigenvalue weighted by Crippen LogP contribution is -2.37. The van der Waals surface area contributed by atoms with Crippen LogP contribution in [-0.2, 0) is 6.54 Å².